The van der Waals surface area contributed by atoms with Crippen LogP contribution >= 0.6 is 0 Å². The number of nitrogens with zero attached hydrogens (tertiary/aromatic N) is 2. The molecule has 2 aromatic rings. The van der Waals surface area contributed by atoms with Gasteiger partial charge >= 0.3 is 5.97 Å². The lowest BCUT2D eigenvalue weighted by molar-refractivity contribution is -0.137. The van der Waals surface area contributed by atoms with Crippen LogP contribution in [0.3, 0.4) is 0 Å². The van der Waals surface area contributed by atoms with E-state index in [0.29, 0.717) is 11.4 Å². The molecule has 1 aromatic carbocycles. The lowest BCUT2D eigenvalue weighted by Crippen LogP contribution is -2.29. The molecule has 0 fully saturated rings. The third-order valence-corrected chi connectivity index (χ3v) is 2.89. The molecule has 1 heterocycles. The third-order valence-electron chi connectivity index (χ3n) is 2.89. The predicted molar refractivity (Wildman–Crippen MR) is 73.2 cm³/mol. The van der Waals surface area contributed by atoms with Gasteiger partial charge in [0.25, 0.3) is 5.91 Å². The number of carbonyl (C=O) groups is 2. The monoisotopic (exact) mass is 273 g/mol. The fourth-order valence-electron chi connectivity index (χ4n) is 1.76. The first-order chi connectivity index (χ1) is 9.58. The molecular weight excluding hydrogens is 258 g/mol. The van der Waals surface area contributed by atoms with E-state index in [1.54, 1.807) is 13.1 Å². The molecule has 0 aliphatic carbocycles. The molecule has 1 aromatic heterocycles. The Bertz CT molecular complexity index is 607. The second-order valence-electron chi connectivity index (χ2n) is 4.40. The molecule has 0 radical (unpaired) electrons. The van der Waals surface area contributed by atoms with Crippen molar-refractivity contribution in [3.05, 3.63) is 42.1 Å². The third kappa shape index (κ3) is 3.23. The highest BCUT2D eigenvalue weighted by Gasteiger charge is 2.15. The highest BCUT2D eigenvalue weighted by molar-refractivity contribution is 5.93. The van der Waals surface area contributed by atoms with E-state index >= 15 is 0 Å². The number of aromatic amines is 1. The summed E-state index contributed by atoms with van der Waals surface area (Å²) < 4.78 is 0. The minimum Gasteiger partial charge on any atom is -0.481 e. The second-order valence-corrected chi connectivity index (χ2v) is 4.40. The van der Waals surface area contributed by atoms with Crippen LogP contribution in [0, 0.1) is 0 Å². The first-order valence-corrected chi connectivity index (χ1v) is 6.16. The van der Waals surface area contributed by atoms with Crippen LogP contribution in [-0.2, 0) is 4.79 Å². The Kier molecular flexibility index (Phi) is 4.14. The van der Waals surface area contributed by atoms with Crippen LogP contribution in [0.2, 0.25) is 0 Å². The molecule has 20 heavy (non-hydrogen) atoms. The molecule has 104 valence electrons. The summed E-state index contributed by atoms with van der Waals surface area (Å²) in [6, 6.07) is 11.2. The van der Waals surface area contributed by atoms with Crippen molar-refractivity contribution in [2.75, 3.05) is 13.6 Å². The average Bonchev–Trinajstić information content (AvgIpc) is 2.94. The number of H-pyrrole nitrogens is 1. The zero-order chi connectivity index (χ0) is 14.5. The molecule has 0 spiro atoms. The molecule has 0 atom stereocenters. The smallest absolute Gasteiger partial charge is 0.305 e. The second kappa shape index (κ2) is 6.01. The van der Waals surface area contributed by atoms with E-state index in [2.05, 4.69) is 10.2 Å². The van der Waals surface area contributed by atoms with Crippen molar-refractivity contribution in [1.29, 1.82) is 0 Å². The highest BCUT2D eigenvalue weighted by atomic mass is 16.4. The van der Waals surface area contributed by atoms with Gasteiger partial charge in [-0.3, -0.25) is 14.7 Å². The van der Waals surface area contributed by atoms with E-state index in [1.807, 2.05) is 30.3 Å². The topological polar surface area (TPSA) is 86.3 Å². The molecule has 0 aliphatic heterocycles. The summed E-state index contributed by atoms with van der Waals surface area (Å²) in [5.74, 6) is -1.21. The first kappa shape index (κ1) is 13.8. The van der Waals surface area contributed by atoms with Crippen LogP contribution in [-0.4, -0.2) is 45.7 Å². The van der Waals surface area contributed by atoms with E-state index in [4.69, 9.17) is 5.11 Å². The quantitative estimate of drug-likeness (QED) is 0.866. The van der Waals surface area contributed by atoms with Gasteiger partial charge in [0.2, 0.25) is 0 Å². The summed E-state index contributed by atoms with van der Waals surface area (Å²) in [4.78, 5) is 23.9. The number of benzene rings is 1. The zero-order valence-electron chi connectivity index (χ0n) is 11.0. The summed E-state index contributed by atoms with van der Waals surface area (Å²) in [6.07, 6.45) is -0.0814. The lowest BCUT2D eigenvalue weighted by atomic mass is 10.1. The van der Waals surface area contributed by atoms with Gasteiger partial charge in [0, 0.05) is 19.2 Å². The molecule has 6 nitrogen and oxygen atoms in total. The standard InChI is InChI=1S/C14H15N3O3/c1-17(8-7-13(18)19)14(20)12-9-11(15-16-12)10-5-3-2-4-6-10/h2-6,9H,7-8H2,1H3,(H,15,16)(H,18,19). The molecule has 1 amide bonds. The van der Waals surface area contributed by atoms with Crippen LogP contribution in [0.1, 0.15) is 16.9 Å². The van der Waals surface area contributed by atoms with Crippen molar-refractivity contribution in [3.63, 3.8) is 0 Å². The van der Waals surface area contributed by atoms with Crippen molar-refractivity contribution in [1.82, 2.24) is 15.1 Å². The number of carbonyl (C=O) groups excluding carboxylic acids is 1. The fourth-order valence-corrected chi connectivity index (χ4v) is 1.76. The number of aromatic nitrogens is 2. The lowest BCUT2D eigenvalue weighted by Gasteiger charge is -2.14. The molecular formula is C14H15N3O3. The Hall–Kier alpha value is -2.63. The van der Waals surface area contributed by atoms with Crippen LogP contribution in [0.25, 0.3) is 11.3 Å². The van der Waals surface area contributed by atoms with E-state index in [1.165, 1.54) is 4.90 Å². The predicted octanol–water partition coefficient (Wildman–Crippen LogP) is 1.62. The van der Waals surface area contributed by atoms with Gasteiger partial charge in [0.05, 0.1) is 12.1 Å². The van der Waals surface area contributed by atoms with Gasteiger partial charge in [0.15, 0.2) is 0 Å². The number of rotatable bonds is 5. The number of carboxylic acid groups (broad SMARTS) is 1. The normalized spacial score (nSPS) is 10.2. The molecule has 0 bridgehead atoms. The van der Waals surface area contributed by atoms with Crippen LogP contribution in [0.5, 0.6) is 0 Å². The maximum absolute atomic E-state index is 12.1. The zero-order valence-corrected chi connectivity index (χ0v) is 11.0. The molecule has 0 aliphatic rings. The summed E-state index contributed by atoms with van der Waals surface area (Å²) in [7, 11) is 1.56. The van der Waals surface area contributed by atoms with Gasteiger partial charge < -0.3 is 10.0 Å². The number of nitrogens with one attached hydrogen (secondary N) is 1. The Morgan fingerprint density at radius 2 is 2.00 bits per heavy atom. The molecule has 2 N–H and O–H groups in total. The van der Waals surface area contributed by atoms with Gasteiger partial charge in [-0.25, -0.2) is 0 Å². The Morgan fingerprint density at radius 1 is 1.30 bits per heavy atom. The van der Waals surface area contributed by atoms with E-state index in [-0.39, 0.29) is 18.9 Å². The maximum Gasteiger partial charge on any atom is 0.305 e. The minimum absolute atomic E-state index is 0.0814. The molecule has 0 saturated heterocycles. The van der Waals surface area contributed by atoms with Crippen molar-refractivity contribution < 1.29 is 14.7 Å². The fraction of sp³-hybridized carbons (Fsp3) is 0.214. The van der Waals surface area contributed by atoms with Crippen LogP contribution in [0.15, 0.2) is 36.4 Å². The van der Waals surface area contributed by atoms with Gasteiger partial charge in [-0.2, -0.15) is 5.10 Å². The van der Waals surface area contributed by atoms with Gasteiger partial charge in [-0.15, -0.1) is 0 Å². The van der Waals surface area contributed by atoms with E-state index in [0.717, 1.165) is 5.56 Å². The Balaban J connectivity index is 2.08. The number of hydrogen-bond acceptors (Lipinski definition) is 3. The Labute approximate surface area is 116 Å². The van der Waals surface area contributed by atoms with Gasteiger partial charge in [-0.05, 0) is 6.07 Å². The van der Waals surface area contributed by atoms with Gasteiger partial charge in [-0.1, -0.05) is 30.3 Å². The minimum atomic E-state index is -0.931. The first-order valence-electron chi connectivity index (χ1n) is 6.16. The molecule has 6 heteroatoms. The summed E-state index contributed by atoms with van der Waals surface area (Å²) in [6.45, 7) is 0.161. The Morgan fingerprint density at radius 3 is 2.65 bits per heavy atom. The summed E-state index contributed by atoms with van der Waals surface area (Å²) in [5.41, 5.74) is 1.94. The maximum atomic E-state index is 12.1. The average molecular weight is 273 g/mol. The van der Waals surface area contributed by atoms with E-state index < -0.39 is 5.97 Å². The highest BCUT2D eigenvalue weighted by Crippen LogP contribution is 2.17. The van der Waals surface area contributed by atoms with Crippen molar-refractivity contribution in [2.24, 2.45) is 0 Å². The SMILES string of the molecule is CN(CCC(=O)O)C(=O)c1cc(-c2ccccc2)n[nH]1. The summed E-state index contributed by atoms with van der Waals surface area (Å²) >= 11 is 0. The molecule has 2 rings (SSSR count). The number of amides is 1. The van der Waals surface area contributed by atoms with Crippen molar-refractivity contribution >= 4 is 11.9 Å². The number of carboxylic acids is 1. The largest absolute Gasteiger partial charge is 0.481 e. The van der Waals surface area contributed by atoms with Crippen LogP contribution < -0.4 is 0 Å². The number of aliphatic carboxylic acids is 1. The van der Waals surface area contributed by atoms with Crippen molar-refractivity contribution in [2.45, 2.75) is 6.42 Å². The van der Waals surface area contributed by atoms with Crippen LogP contribution in [0.4, 0.5) is 0 Å². The van der Waals surface area contributed by atoms with Gasteiger partial charge in [0.1, 0.15) is 5.69 Å². The summed E-state index contributed by atoms with van der Waals surface area (Å²) in [5, 5.41) is 15.4. The number of hydrogen-bond donors (Lipinski definition) is 2. The molecule has 0 unspecified atom stereocenters. The van der Waals surface area contributed by atoms with Crippen molar-refractivity contribution in [3.8, 4) is 11.3 Å². The van der Waals surface area contributed by atoms with E-state index in [9.17, 15) is 9.59 Å². The molecule has 0 saturated carbocycles.